The Bertz CT molecular complexity index is 650. The van der Waals surface area contributed by atoms with Crippen LogP contribution in [0, 0.1) is 0 Å². The molecule has 1 aliphatic rings. The molecule has 0 unspecified atom stereocenters. The van der Waals surface area contributed by atoms with E-state index in [9.17, 15) is 4.79 Å². The topological polar surface area (TPSA) is 72.3 Å². The van der Waals surface area contributed by atoms with E-state index in [0.29, 0.717) is 29.0 Å². The van der Waals surface area contributed by atoms with Crippen LogP contribution in [0.5, 0.6) is 11.5 Å². The molecular formula is C13H13Br2N3O3S. The smallest absolute Gasteiger partial charge is 0.236 e. The van der Waals surface area contributed by atoms with E-state index in [1.165, 1.54) is 11.8 Å². The normalized spacial score (nSPS) is 16.4. The number of benzene rings is 1. The highest BCUT2D eigenvalue weighted by Gasteiger charge is 2.17. The molecule has 0 saturated carbocycles. The molecule has 9 heteroatoms. The van der Waals surface area contributed by atoms with Gasteiger partial charge in [-0.05, 0) is 44.8 Å². The van der Waals surface area contributed by atoms with Crippen molar-refractivity contribution >= 4 is 60.9 Å². The summed E-state index contributed by atoms with van der Waals surface area (Å²) in [6.45, 7) is 2.43. The molecule has 1 aromatic carbocycles. The monoisotopic (exact) mass is 449 g/mol. The molecule has 0 radical (unpaired) electrons. The van der Waals surface area contributed by atoms with Gasteiger partial charge >= 0.3 is 0 Å². The van der Waals surface area contributed by atoms with Gasteiger partial charge in [0.1, 0.15) is 0 Å². The maximum absolute atomic E-state index is 11.1. The summed E-state index contributed by atoms with van der Waals surface area (Å²) in [5, 5.41) is 11.1. The summed E-state index contributed by atoms with van der Waals surface area (Å²) < 4.78 is 12.4. The molecule has 0 atom stereocenters. The number of nitrogens with zero attached hydrogens (tertiary/aromatic N) is 2. The largest absolute Gasteiger partial charge is 0.493 e. The molecule has 1 saturated heterocycles. The van der Waals surface area contributed by atoms with Gasteiger partial charge in [0.05, 0.1) is 30.2 Å². The molecule has 1 fully saturated rings. The first-order chi connectivity index (χ1) is 10.6. The van der Waals surface area contributed by atoms with Gasteiger partial charge in [-0.2, -0.15) is 5.10 Å². The Hall–Kier alpha value is -1.06. The number of ether oxygens (including phenoxy) is 2. The number of nitrogens with one attached hydrogen (secondary N) is 1. The summed E-state index contributed by atoms with van der Waals surface area (Å²) in [6, 6.07) is 1.80. The van der Waals surface area contributed by atoms with Gasteiger partial charge in [0, 0.05) is 10.0 Å². The second-order valence-corrected chi connectivity index (χ2v) is 6.59. The molecule has 0 aromatic heterocycles. The van der Waals surface area contributed by atoms with Crippen LogP contribution in [0.4, 0.5) is 0 Å². The van der Waals surface area contributed by atoms with Gasteiger partial charge in [-0.15, -0.1) is 5.10 Å². The van der Waals surface area contributed by atoms with Crippen LogP contribution in [0.15, 0.2) is 25.2 Å². The molecule has 1 aromatic rings. The average molecular weight is 451 g/mol. The predicted molar refractivity (Wildman–Crippen MR) is 95.2 cm³/mol. The minimum Gasteiger partial charge on any atom is -0.493 e. The molecule has 1 amide bonds. The molecule has 118 valence electrons. The zero-order valence-electron chi connectivity index (χ0n) is 11.9. The summed E-state index contributed by atoms with van der Waals surface area (Å²) in [5.41, 5.74) is 0.769. The number of carbonyl (C=O) groups excluding carboxylic acids is 1. The summed E-state index contributed by atoms with van der Waals surface area (Å²) in [7, 11) is 1.57. The third-order valence-corrected chi connectivity index (χ3v) is 5.60. The molecule has 1 heterocycles. The second kappa shape index (κ2) is 7.98. The van der Waals surface area contributed by atoms with Gasteiger partial charge in [-0.25, -0.2) is 0 Å². The number of methoxy groups -OCH3 is 1. The van der Waals surface area contributed by atoms with E-state index in [2.05, 4.69) is 47.4 Å². The first-order valence-electron chi connectivity index (χ1n) is 6.29. The van der Waals surface area contributed by atoms with Gasteiger partial charge in [0.15, 0.2) is 16.7 Å². The number of halogens is 2. The lowest BCUT2D eigenvalue weighted by Crippen LogP contribution is -2.19. The van der Waals surface area contributed by atoms with E-state index < -0.39 is 0 Å². The number of thioether (sulfide) groups is 1. The van der Waals surface area contributed by atoms with Crippen LogP contribution in [0.25, 0.3) is 0 Å². The molecule has 2 rings (SSSR count). The molecule has 0 spiro atoms. The van der Waals surface area contributed by atoms with Gasteiger partial charge in [0.25, 0.3) is 0 Å². The Morgan fingerprint density at radius 1 is 1.45 bits per heavy atom. The Morgan fingerprint density at radius 3 is 2.82 bits per heavy atom. The number of amides is 1. The van der Waals surface area contributed by atoms with Gasteiger partial charge in [-0.3, -0.25) is 4.79 Å². The maximum Gasteiger partial charge on any atom is 0.236 e. The fraction of sp³-hybridized carbons (Fsp3) is 0.308. The molecular weight excluding hydrogens is 438 g/mol. The molecule has 0 aliphatic carbocycles. The Labute approximate surface area is 149 Å². The lowest BCUT2D eigenvalue weighted by molar-refractivity contribution is -0.116. The number of hydrogen-bond acceptors (Lipinski definition) is 6. The Balaban J connectivity index is 2.27. The SMILES string of the molecule is CCOc1c(OC)cc(C=NN=C2NC(=O)CS2)c(Br)c1Br. The average Bonchev–Trinajstić information content (AvgIpc) is 2.92. The van der Waals surface area contributed by atoms with Crippen molar-refractivity contribution in [3.05, 3.63) is 20.6 Å². The van der Waals surface area contributed by atoms with Gasteiger partial charge < -0.3 is 14.8 Å². The van der Waals surface area contributed by atoms with Crippen molar-refractivity contribution in [3.63, 3.8) is 0 Å². The number of amidine groups is 1. The zero-order valence-corrected chi connectivity index (χ0v) is 15.8. The van der Waals surface area contributed by atoms with Crippen molar-refractivity contribution in [1.82, 2.24) is 5.32 Å². The second-order valence-electron chi connectivity index (χ2n) is 4.04. The maximum atomic E-state index is 11.1. The third kappa shape index (κ3) is 4.02. The van der Waals surface area contributed by atoms with Gasteiger partial charge in [-0.1, -0.05) is 11.8 Å². The van der Waals surface area contributed by atoms with E-state index >= 15 is 0 Å². The lowest BCUT2D eigenvalue weighted by Gasteiger charge is -2.13. The van der Waals surface area contributed by atoms with E-state index in [4.69, 9.17) is 9.47 Å². The minimum absolute atomic E-state index is 0.0642. The zero-order chi connectivity index (χ0) is 16.1. The fourth-order valence-corrected chi connectivity index (χ4v) is 3.22. The van der Waals surface area contributed by atoms with Crippen LogP contribution in [-0.2, 0) is 4.79 Å². The first-order valence-corrected chi connectivity index (χ1v) is 8.86. The Morgan fingerprint density at radius 2 is 2.23 bits per heavy atom. The summed E-state index contributed by atoms with van der Waals surface area (Å²) in [5.74, 6) is 1.53. The van der Waals surface area contributed by atoms with Crippen molar-refractivity contribution in [2.75, 3.05) is 19.5 Å². The number of hydrogen-bond donors (Lipinski definition) is 1. The van der Waals surface area contributed by atoms with Crippen LogP contribution in [0.3, 0.4) is 0 Å². The van der Waals surface area contributed by atoms with Crippen LogP contribution in [-0.4, -0.2) is 36.8 Å². The lowest BCUT2D eigenvalue weighted by atomic mass is 10.2. The van der Waals surface area contributed by atoms with E-state index in [1.54, 1.807) is 19.4 Å². The molecule has 1 aliphatic heterocycles. The highest BCUT2D eigenvalue weighted by atomic mass is 79.9. The minimum atomic E-state index is -0.0642. The third-order valence-electron chi connectivity index (χ3n) is 2.60. The van der Waals surface area contributed by atoms with Crippen LogP contribution in [0.2, 0.25) is 0 Å². The summed E-state index contributed by atoms with van der Waals surface area (Å²) in [6.07, 6.45) is 1.57. The highest BCUT2D eigenvalue weighted by Crippen LogP contribution is 2.42. The van der Waals surface area contributed by atoms with Crippen molar-refractivity contribution in [2.24, 2.45) is 10.2 Å². The number of rotatable bonds is 5. The van der Waals surface area contributed by atoms with Crippen molar-refractivity contribution in [3.8, 4) is 11.5 Å². The van der Waals surface area contributed by atoms with E-state index in [1.807, 2.05) is 6.92 Å². The van der Waals surface area contributed by atoms with E-state index in [-0.39, 0.29) is 5.91 Å². The van der Waals surface area contributed by atoms with Gasteiger partial charge in [0.2, 0.25) is 5.91 Å². The predicted octanol–water partition coefficient (Wildman–Crippen LogP) is 3.17. The Kier molecular flexibility index (Phi) is 6.27. The fourth-order valence-electron chi connectivity index (χ4n) is 1.65. The number of carbonyl (C=O) groups is 1. The quantitative estimate of drug-likeness (QED) is 0.552. The molecule has 1 N–H and O–H groups in total. The standard InChI is InChI=1S/C13H13Br2N3O3S/c1-3-21-12-8(20-2)4-7(10(14)11(12)15)5-16-18-13-17-9(19)6-22-13/h4-5H,3,6H2,1-2H3,(H,17,18,19). The highest BCUT2D eigenvalue weighted by molar-refractivity contribution is 9.13. The van der Waals surface area contributed by atoms with Crippen molar-refractivity contribution < 1.29 is 14.3 Å². The van der Waals surface area contributed by atoms with Crippen molar-refractivity contribution in [2.45, 2.75) is 6.92 Å². The van der Waals surface area contributed by atoms with Crippen molar-refractivity contribution in [1.29, 1.82) is 0 Å². The molecule has 22 heavy (non-hydrogen) atoms. The summed E-state index contributed by atoms with van der Waals surface area (Å²) >= 11 is 8.29. The molecule has 6 nitrogen and oxygen atoms in total. The van der Waals surface area contributed by atoms with E-state index in [0.717, 1.165) is 14.5 Å². The van der Waals surface area contributed by atoms with Crippen LogP contribution >= 0.6 is 43.6 Å². The first kappa shape index (κ1) is 17.3. The summed E-state index contributed by atoms with van der Waals surface area (Å²) in [4.78, 5) is 11.1. The molecule has 0 bridgehead atoms. The van der Waals surface area contributed by atoms with Crippen LogP contribution in [0.1, 0.15) is 12.5 Å². The van der Waals surface area contributed by atoms with Crippen LogP contribution < -0.4 is 14.8 Å².